The fraction of sp³-hybridized carbons (Fsp3) is 0.333. The van der Waals surface area contributed by atoms with Gasteiger partial charge in [0.25, 0.3) is 0 Å². The van der Waals surface area contributed by atoms with Gasteiger partial charge in [-0.25, -0.2) is 4.79 Å². The van der Waals surface area contributed by atoms with Crippen molar-refractivity contribution in [3.8, 4) is 0 Å². The molecule has 0 aliphatic carbocycles. The minimum Gasteiger partial charge on any atom is -0.465 e. The average molecular weight is 402 g/mol. The zero-order chi connectivity index (χ0) is 19.9. The van der Waals surface area contributed by atoms with Gasteiger partial charge in [-0.15, -0.1) is 0 Å². The molecule has 0 unspecified atom stereocenters. The number of nitrogens with one attached hydrogen (secondary N) is 1. The molecule has 7 heteroatoms. The Morgan fingerprint density at radius 2 is 1.71 bits per heavy atom. The number of benzene rings is 2. The van der Waals surface area contributed by atoms with E-state index in [4.69, 9.17) is 11.6 Å². The van der Waals surface area contributed by atoms with Gasteiger partial charge in [0.1, 0.15) is 0 Å². The lowest BCUT2D eigenvalue weighted by molar-refractivity contribution is -0.117. The van der Waals surface area contributed by atoms with Crippen molar-refractivity contribution in [1.29, 1.82) is 0 Å². The van der Waals surface area contributed by atoms with Crippen molar-refractivity contribution in [2.75, 3.05) is 45.2 Å². The number of anilines is 1. The topological polar surface area (TPSA) is 61.9 Å². The summed E-state index contributed by atoms with van der Waals surface area (Å²) in [4.78, 5) is 28.2. The maximum Gasteiger partial charge on any atom is 0.337 e. The highest BCUT2D eigenvalue weighted by Gasteiger charge is 2.19. The number of piperazine rings is 1. The second-order valence-corrected chi connectivity index (χ2v) is 7.24. The van der Waals surface area contributed by atoms with E-state index in [1.165, 1.54) is 12.7 Å². The van der Waals surface area contributed by atoms with E-state index in [2.05, 4.69) is 25.9 Å². The number of nitrogens with zero attached hydrogens (tertiary/aromatic N) is 2. The quantitative estimate of drug-likeness (QED) is 0.754. The van der Waals surface area contributed by atoms with E-state index < -0.39 is 5.97 Å². The Bertz CT molecular complexity index is 818. The van der Waals surface area contributed by atoms with Crippen LogP contribution in [0.2, 0.25) is 5.02 Å². The largest absolute Gasteiger partial charge is 0.465 e. The molecule has 148 valence electrons. The van der Waals surface area contributed by atoms with Crippen LogP contribution in [0.3, 0.4) is 0 Å². The van der Waals surface area contributed by atoms with Crippen LogP contribution >= 0.6 is 11.6 Å². The minimum atomic E-state index is -0.395. The highest BCUT2D eigenvalue weighted by atomic mass is 35.5. The maximum absolute atomic E-state index is 12.3. The van der Waals surface area contributed by atoms with E-state index in [9.17, 15) is 9.59 Å². The SMILES string of the molecule is COC(=O)c1ccc(NC(=O)CN2CCN(Cc3cccc(Cl)c3)CC2)cc1. The minimum absolute atomic E-state index is 0.0610. The Hall–Kier alpha value is -2.41. The molecular formula is C21H24ClN3O3. The molecule has 1 aliphatic heterocycles. The van der Waals surface area contributed by atoms with Gasteiger partial charge in [0.05, 0.1) is 19.2 Å². The lowest BCUT2D eigenvalue weighted by Crippen LogP contribution is -2.48. The average Bonchev–Trinajstić information content (AvgIpc) is 2.69. The van der Waals surface area contributed by atoms with Gasteiger partial charge < -0.3 is 10.1 Å². The summed E-state index contributed by atoms with van der Waals surface area (Å²) in [6, 6.07) is 14.6. The number of hydrogen-bond donors (Lipinski definition) is 1. The molecule has 1 aliphatic rings. The van der Waals surface area contributed by atoms with Crippen molar-refractivity contribution in [2.24, 2.45) is 0 Å². The molecule has 1 amide bonds. The summed E-state index contributed by atoms with van der Waals surface area (Å²) in [6.07, 6.45) is 0. The van der Waals surface area contributed by atoms with E-state index >= 15 is 0 Å². The van der Waals surface area contributed by atoms with Gasteiger partial charge >= 0.3 is 5.97 Å². The van der Waals surface area contributed by atoms with Crippen molar-refractivity contribution >= 4 is 29.2 Å². The van der Waals surface area contributed by atoms with E-state index in [0.29, 0.717) is 17.8 Å². The Labute approximate surface area is 170 Å². The third-order valence-corrected chi connectivity index (χ3v) is 4.95. The van der Waals surface area contributed by atoms with Crippen molar-refractivity contribution < 1.29 is 14.3 Å². The first-order valence-electron chi connectivity index (χ1n) is 9.21. The lowest BCUT2D eigenvalue weighted by atomic mass is 10.2. The first-order valence-corrected chi connectivity index (χ1v) is 9.58. The number of carbonyl (C=O) groups excluding carboxylic acids is 2. The van der Waals surface area contributed by atoms with Gasteiger partial charge in [0.2, 0.25) is 5.91 Å². The molecule has 0 bridgehead atoms. The van der Waals surface area contributed by atoms with Crippen LogP contribution in [0.15, 0.2) is 48.5 Å². The number of ether oxygens (including phenoxy) is 1. The first kappa shape index (κ1) is 20.3. The molecule has 0 saturated carbocycles. The normalized spacial score (nSPS) is 15.2. The van der Waals surface area contributed by atoms with Crippen LogP contribution in [0.25, 0.3) is 0 Å². The number of methoxy groups -OCH3 is 1. The summed E-state index contributed by atoms with van der Waals surface area (Å²) >= 11 is 6.05. The number of esters is 1. The van der Waals surface area contributed by atoms with Crippen LogP contribution in [-0.2, 0) is 16.1 Å². The zero-order valence-corrected chi connectivity index (χ0v) is 16.6. The smallest absolute Gasteiger partial charge is 0.337 e. The molecule has 0 radical (unpaired) electrons. The Kier molecular flexibility index (Phi) is 7.03. The van der Waals surface area contributed by atoms with Gasteiger partial charge in [-0.3, -0.25) is 14.6 Å². The number of carbonyl (C=O) groups is 2. The fourth-order valence-electron chi connectivity index (χ4n) is 3.21. The summed E-state index contributed by atoms with van der Waals surface area (Å²) in [5.41, 5.74) is 2.32. The summed E-state index contributed by atoms with van der Waals surface area (Å²) in [5, 5.41) is 3.63. The predicted octanol–water partition coefficient (Wildman–Crippen LogP) is 2.88. The molecule has 1 fully saturated rings. The number of halogens is 1. The van der Waals surface area contributed by atoms with Crippen LogP contribution in [0.4, 0.5) is 5.69 Å². The van der Waals surface area contributed by atoms with Crippen LogP contribution in [0.5, 0.6) is 0 Å². The second-order valence-electron chi connectivity index (χ2n) is 6.80. The Balaban J connectivity index is 1.43. The third-order valence-electron chi connectivity index (χ3n) is 4.72. The molecule has 28 heavy (non-hydrogen) atoms. The molecule has 1 saturated heterocycles. The first-order chi connectivity index (χ1) is 13.5. The van der Waals surface area contributed by atoms with E-state index in [1.54, 1.807) is 24.3 Å². The van der Waals surface area contributed by atoms with Gasteiger partial charge in [-0.05, 0) is 42.0 Å². The van der Waals surface area contributed by atoms with Crippen LogP contribution in [0.1, 0.15) is 15.9 Å². The van der Waals surface area contributed by atoms with Crippen molar-refractivity contribution in [3.63, 3.8) is 0 Å². The van der Waals surface area contributed by atoms with Gasteiger partial charge in [-0.1, -0.05) is 23.7 Å². The molecule has 1 heterocycles. The fourth-order valence-corrected chi connectivity index (χ4v) is 3.42. The number of hydrogen-bond acceptors (Lipinski definition) is 5. The molecular weight excluding hydrogens is 378 g/mol. The number of amides is 1. The monoisotopic (exact) mass is 401 g/mol. The van der Waals surface area contributed by atoms with Crippen molar-refractivity contribution in [3.05, 3.63) is 64.7 Å². The Morgan fingerprint density at radius 3 is 2.36 bits per heavy atom. The van der Waals surface area contributed by atoms with Crippen LogP contribution < -0.4 is 5.32 Å². The highest BCUT2D eigenvalue weighted by molar-refractivity contribution is 6.30. The summed E-state index contributed by atoms with van der Waals surface area (Å²) in [6.45, 7) is 4.72. The lowest BCUT2D eigenvalue weighted by Gasteiger charge is -2.34. The summed E-state index contributed by atoms with van der Waals surface area (Å²) in [5.74, 6) is -0.456. The highest BCUT2D eigenvalue weighted by Crippen LogP contribution is 2.14. The summed E-state index contributed by atoms with van der Waals surface area (Å²) in [7, 11) is 1.34. The standard InChI is InChI=1S/C21H24ClN3O3/c1-28-21(27)17-5-7-19(8-6-17)23-20(26)15-25-11-9-24(10-12-25)14-16-3-2-4-18(22)13-16/h2-8,13H,9-12,14-15H2,1H3,(H,23,26). The van der Waals surface area contributed by atoms with Crippen molar-refractivity contribution in [2.45, 2.75) is 6.54 Å². The van der Waals surface area contributed by atoms with Gasteiger partial charge in [-0.2, -0.15) is 0 Å². The zero-order valence-electron chi connectivity index (χ0n) is 15.9. The van der Waals surface area contributed by atoms with E-state index in [0.717, 1.165) is 37.7 Å². The molecule has 1 N–H and O–H groups in total. The Morgan fingerprint density at radius 1 is 1.04 bits per heavy atom. The van der Waals surface area contributed by atoms with Crippen LogP contribution in [-0.4, -0.2) is 61.5 Å². The molecule has 0 spiro atoms. The molecule has 2 aromatic carbocycles. The maximum atomic E-state index is 12.3. The van der Waals surface area contributed by atoms with Gasteiger partial charge in [0, 0.05) is 43.4 Å². The van der Waals surface area contributed by atoms with E-state index in [-0.39, 0.29) is 5.91 Å². The van der Waals surface area contributed by atoms with Crippen LogP contribution in [0, 0.1) is 0 Å². The summed E-state index contributed by atoms with van der Waals surface area (Å²) < 4.78 is 4.67. The molecule has 0 atom stereocenters. The molecule has 3 rings (SSSR count). The van der Waals surface area contributed by atoms with Gasteiger partial charge in [0.15, 0.2) is 0 Å². The number of rotatable bonds is 6. The predicted molar refractivity (Wildman–Crippen MR) is 110 cm³/mol. The second kappa shape index (κ2) is 9.68. The molecule has 6 nitrogen and oxygen atoms in total. The van der Waals surface area contributed by atoms with E-state index in [1.807, 2.05) is 18.2 Å². The molecule has 2 aromatic rings. The third kappa shape index (κ3) is 5.79. The van der Waals surface area contributed by atoms with Crippen molar-refractivity contribution in [1.82, 2.24) is 9.80 Å². The molecule has 0 aromatic heterocycles.